The molecule has 6 heteroatoms. The summed E-state index contributed by atoms with van der Waals surface area (Å²) in [6.45, 7) is 2.89. The van der Waals surface area contributed by atoms with E-state index in [1.807, 2.05) is 6.26 Å². The average Bonchev–Trinajstić information content (AvgIpc) is 3.35. The van der Waals surface area contributed by atoms with Crippen molar-refractivity contribution in [2.75, 3.05) is 19.3 Å². The maximum absolute atomic E-state index is 12.9. The number of urea groups is 1. The summed E-state index contributed by atoms with van der Waals surface area (Å²) in [4.78, 5) is 14.0. The minimum atomic E-state index is -0.801. The number of halogens is 1. The summed E-state index contributed by atoms with van der Waals surface area (Å²) in [5.41, 5.74) is 0.623. The number of thioether (sulfide) groups is 1. The Kier molecular flexibility index (Phi) is 6.08. The molecule has 2 amide bonds. The normalized spacial score (nSPS) is 16.9. The molecule has 0 radical (unpaired) electrons. The van der Waals surface area contributed by atoms with Gasteiger partial charge in [-0.05, 0) is 36.8 Å². The SMILES string of the molecule is CSC(C)CNC(=O)N(CC(O)c1ccc(F)cc1)C1CC1. The number of nitrogens with zero attached hydrogens (tertiary/aromatic N) is 1. The van der Waals surface area contributed by atoms with Crippen LogP contribution in [0.25, 0.3) is 0 Å². The van der Waals surface area contributed by atoms with Gasteiger partial charge in [-0.25, -0.2) is 9.18 Å². The molecule has 1 aromatic rings. The Balaban J connectivity index is 1.93. The van der Waals surface area contributed by atoms with Crippen LogP contribution in [-0.4, -0.2) is 46.7 Å². The number of aliphatic hydroxyl groups is 1. The number of aliphatic hydroxyl groups excluding tert-OH is 1. The van der Waals surface area contributed by atoms with Crippen molar-refractivity contribution < 1.29 is 14.3 Å². The number of rotatable bonds is 7. The Bertz CT molecular complexity index is 493. The van der Waals surface area contributed by atoms with Crippen LogP contribution in [-0.2, 0) is 0 Å². The van der Waals surface area contributed by atoms with Crippen molar-refractivity contribution in [3.8, 4) is 0 Å². The second-order valence-electron chi connectivity index (χ2n) is 5.68. The first-order valence-electron chi connectivity index (χ1n) is 7.52. The molecule has 2 rings (SSSR count). The maximum atomic E-state index is 12.9. The van der Waals surface area contributed by atoms with Crippen LogP contribution >= 0.6 is 11.8 Å². The summed E-state index contributed by atoms with van der Waals surface area (Å²) in [5, 5.41) is 13.6. The first-order valence-corrected chi connectivity index (χ1v) is 8.81. The lowest BCUT2D eigenvalue weighted by Crippen LogP contribution is -2.45. The molecule has 122 valence electrons. The van der Waals surface area contributed by atoms with E-state index in [1.54, 1.807) is 28.8 Å². The molecule has 0 aliphatic heterocycles. The van der Waals surface area contributed by atoms with Crippen molar-refractivity contribution in [3.05, 3.63) is 35.6 Å². The molecule has 1 saturated carbocycles. The van der Waals surface area contributed by atoms with E-state index < -0.39 is 6.10 Å². The second kappa shape index (κ2) is 7.83. The maximum Gasteiger partial charge on any atom is 0.317 e. The highest BCUT2D eigenvalue weighted by molar-refractivity contribution is 7.99. The van der Waals surface area contributed by atoms with Gasteiger partial charge in [0, 0.05) is 17.8 Å². The van der Waals surface area contributed by atoms with Crippen LogP contribution in [0.4, 0.5) is 9.18 Å². The summed E-state index contributed by atoms with van der Waals surface area (Å²) in [7, 11) is 0. The molecule has 0 aromatic heterocycles. The van der Waals surface area contributed by atoms with E-state index >= 15 is 0 Å². The third-order valence-corrected chi connectivity index (χ3v) is 4.79. The van der Waals surface area contributed by atoms with Crippen LogP contribution in [0.2, 0.25) is 0 Å². The topological polar surface area (TPSA) is 52.6 Å². The van der Waals surface area contributed by atoms with Gasteiger partial charge in [0.1, 0.15) is 5.82 Å². The van der Waals surface area contributed by atoms with Crippen LogP contribution in [0.1, 0.15) is 31.4 Å². The lowest BCUT2D eigenvalue weighted by Gasteiger charge is -2.26. The van der Waals surface area contributed by atoms with Crippen molar-refractivity contribution in [2.45, 2.75) is 37.2 Å². The third-order valence-electron chi connectivity index (χ3n) is 3.82. The number of nitrogens with one attached hydrogen (secondary N) is 1. The molecule has 1 fully saturated rings. The van der Waals surface area contributed by atoms with Gasteiger partial charge >= 0.3 is 6.03 Å². The van der Waals surface area contributed by atoms with Gasteiger partial charge in [-0.1, -0.05) is 19.1 Å². The Hall–Kier alpha value is -1.27. The van der Waals surface area contributed by atoms with Gasteiger partial charge in [0.05, 0.1) is 12.6 Å². The van der Waals surface area contributed by atoms with E-state index in [9.17, 15) is 14.3 Å². The Morgan fingerprint density at radius 2 is 2.09 bits per heavy atom. The Morgan fingerprint density at radius 1 is 1.45 bits per heavy atom. The number of benzene rings is 1. The van der Waals surface area contributed by atoms with Gasteiger partial charge in [-0.15, -0.1) is 0 Å². The minimum Gasteiger partial charge on any atom is -0.387 e. The minimum absolute atomic E-state index is 0.135. The molecule has 0 saturated heterocycles. The lowest BCUT2D eigenvalue weighted by molar-refractivity contribution is 0.118. The predicted molar refractivity (Wildman–Crippen MR) is 87.5 cm³/mol. The zero-order valence-electron chi connectivity index (χ0n) is 13.0. The fraction of sp³-hybridized carbons (Fsp3) is 0.562. The predicted octanol–water partition coefficient (Wildman–Crippen LogP) is 2.78. The van der Waals surface area contributed by atoms with Gasteiger partial charge in [0.2, 0.25) is 0 Å². The highest BCUT2D eigenvalue weighted by atomic mass is 32.2. The molecule has 1 aliphatic rings. The summed E-state index contributed by atoms with van der Waals surface area (Å²) >= 11 is 1.70. The van der Waals surface area contributed by atoms with Crippen molar-refractivity contribution >= 4 is 17.8 Å². The molecule has 0 heterocycles. The van der Waals surface area contributed by atoms with Crippen molar-refractivity contribution in [1.29, 1.82) is 0 Å². The molecule has 4 nitrogen and oxygen atoms in total. The molecular weight excluding hydrogens is 303 g/mol. The summed E-state index contributed by atoms with van der Waals surface area (Å²) < 4.78 is 12.9. The number of carbonyl (C=O) groups is 1. The number of amides is 2. The van der Waals surface area contributed by atoms with Crippen molar-refractivity contribution in [2.24, 2.45) is 0 Å². The van der Waals surface area contributed by atoms with Crippen LogP contribution in [0.15, 0.2) is 24.3 Å². The third kappa shape index (κ3) is 4.88. The molecule has 22 heavy (non-hydrogen) atoms. The molecular formula is C16H23FN2O2S. The van der Waals surface area contributed by atoms with E-state index in [0.717, 1.165) is 12.8 Å². The van der Waals surface area contributed by atoms with E-state index in [4.69, 9.17) is 0 Å². The summed E-state index contributed by atoms with van der Waals surface area (Å²) in [5.74, 6) is -0.334. The standard InChI is InChI=1S/C16H23FN2O2S/c1-11(22-2)9-18-16(21)19(14-7-8-14)10-15(20)12-3-5-13(17)6-4-12/h3-6,11,14-15,20H,7-10H2,1-2H3,(H,18,21). The van der Waals surface area contributed by atoms with Gasteiger partial charge in [0.25, 0.3) is 0 Å². The smallest absolute Gasteiger partial charge is 0.317 e. The second-order valence-corrected chi connectivity index (χ2v) is 6.96. The van der Waals surface area contributed by atoms with Crippen molar-refractivity contribution in [1.82, 2.24) is 10.2 Å². The van der Waals surface area contributed by atoms with E-state index in [1.165, 1.54) is 12.1 Å². The zero-order valence-corrected chi connectivity index (χ0v) is 13.8. The molecule has 1 aliphatic carbocycles. The Labute approximate surface area is 135 Å². The average molecular weight is 326 g/mol. The zero-order chi connectivity index (χ0) is 16.1. The number of carbonyl (C=O) groups excluding carboxylic acids is 1. The van der Waals surface area contributed by atoms with Gasteiger partial charge < -0.3 is 15.3 Å². The van der Waals surface area contributed by atoms with Gasteiger partial charge in [-0.3, -0.25) is 0 Å². The van der Waals surface area contributed by atoms with Gasteiger partial charge in [-0.2, -0.15) is 11.8 Å². The molecule has 2 atom stereocenters. The van der Waals surface area contributed by atoms with Crippen LogP contribution in [0.5, 0.6) is 0 Å². The van der Waals surface area contributed by atoms with E-state index in [-0.39, 0.29) is 24.4 Å². The highest BCUT2D eigenvalue weighted by Crippen LogP contribution is 2.29. The molecule has 2 unspecified atom stereocenters. The first kappa shape index (κ1) is 17.1. The molecule has 1 aromatic carbocycles. The number of hydrogen-bond acceptors (Lipinski definition) is 3. The van der Waals surface area contributed by atoms with Crippen LogP contribution < -0.4 is 5.32 Å². The van der Waals surface area contributed by atoms with Crippen LogP contribution in [0, 0.1) is 5.82 Å². The fourth-order valence-electron chi connectivity index (χ4n) is 2.18. The first-order chi connectivity index (χ1) is 10.5. The molecule has 0 bridgehead atoms. The lowest BCUT2D eigenvalue weighted by atomic mass is 10.1. The van der Waals surface area contributed by atoms with E-state index in [0.29, 0.717) is 17.4 Å². The quantitative estimate of drug-likeness (QED) is 0.810. The number of hydrogen-bond donors (Lipinski definition) is 2. The largest absolute Gasteiger partial charge is 0.387 e. The highest BCUT2D eigenvalue weighted by Gasteiger charge is 2.34. The molecule has 2 N–H and O–H groups in total. The summed E-state index contributed by atoms with van der Waals surface area (Å²) in [6, 6.07) is 5.82. The summed E-state index contributed by atoms with van der Waals surface area (Å²) in [6.07, 6.45) is 3.15. The fourth-order valence-corrected chi connectivity index (χ4v) is 2.43. The van der Waals surface area contributed by atoms with Crippen molar-refractivity contribution in [3.63, 3.8) is 0 Å². The Morgan fingerprint density at radius 3 is 2.64 bits per heavy atom. The van der Waals surface area contributed by atoms with Gasteiger partial charge in [0.15, 0.2) is 0 Å². The monoisotopic (exact) mass is 326 g/mol. The van der Waals surface area contributed by atoms with Crippen LogP contribution in [0.3, 0.4) is 0 Å². The van der Waals surface area contributed by atoms with E-state index in [2.05, 4.69) is 12.2 Å². The molecule has 0 spiro atoms.